The largest absolute Gasteiger partial charge is 0.497 e. The zero-order chi connectivity index (χ0) is 17.4. The molecule has 4 rings (SSSR count). The van der Waals surface area contributed by atoms with Crippen LogP contribution in [0.3, 0.4) is 0 Å². The Hall–Kier alpha value is -2.59. The van der Waals surface area contributed by atoms with E-state index in [9.17, 15) is 4.79 Å². The van der Waals surface area contributed by atoms with E-state index in [0.717, 1.165) is 34.7 Å². The van der Waals surface area contributed by atoms with Crippen molar-refractivity contribution in [1.29, 1.82) is 0 Å². The molecule has 0 aliphatic heterocycles. The van der Waals surface area contributed by atoms with Gasteiger partial charge in [-0.1, -0.05) is 23.7 Å². The molecule has 0 spiro atoms. The third-order valence-corrected chi connectivity index (χ3v) is 4.95. The summed E-state index contributed by atoms with van der Waals surface area (Å²) in [6.07, 6.45) is 2.96. The molecule has 0 N–H and O–H groups in total. The molecule has 0 radical (unpaired) electrons. The zero-order valence-corrected chi connectivity index (χ0v) is 14.5. The summed E-state index contributed by atoms with van der Waals surface area (Å²) in [7, 11) is 1.65. The zero-order valence-electron chi connectivity index (χ0n) is 13.8. The molecule has 0 amide bonds. The highest BCUT2D eigenvalue weighted by molar-refractivity contribution is 6.30. The fourth-order valence-electron chi connectivity index (χ4n) is 3.36. The van der Waals surface area contributed by atoms with Crippen LogP contribution in [0.4, 0.5) is 0 Å². The van der Waals surface area contributed by atoms with Crippen LogP contribution in [0.1, 0.15) is 34.0 Å². The van der Waals surface area contributed by atoms with Gasteiger partial charge < -0.3 is 4.74 Å². The maximum atomic E-state index is 12.6. The van der Waals surface area contributed by atoms with Crippen molar-refractivity contribution in [2.24, 2.45) is 0 Å². The van der Waals surface area contributed by atoms with Crippen molar-refractivity contribution >= 4 is 17.4 Å². The fraction of sp³-hybridized carbons (Fsp3) is 0.200. The van der Waals surface area contributed by atoms with Crippen molar-refractivity contribution in [3.63, 3.8) is 0 Å². The van der Waals surface area contributed by atoms with E-state index in [0.29, 0.717) is 11.4 Å². The standard InChI is InChI=1S/C20H17ClN2O2/c1-25-17-8-2-13(3-9-17)14-10-19-18(20(24)11-14)12-22-23(19)16-6-4-15(21)5-7-16/h2-9,12,14H,10-11H2,1H3/t14-/m0/s1. The number of aromatic nitrogens is 2. The van der Waals surface area contributed by atoms with Gasteiger partial charge in [-0.15, -0.1) is 0 Å². The maximum absolute atomic E-state index is 12.6. The monoisotopic (exact) mass is 352 g/mol. The van der Waals surface area contributed by atoms with Crippen LogP contribution in [-0.4, -0.2) is 22.7 Å². The predicted octanol–water partition coefficient (Wildman–Crippen LogP) is 4.45. The average molecular weight is 353 g/mol. The van der Waals surface area contributed by atoms with E-state index in [4.69, 9.17) is 16.3 Å². The molecule has 2 aromatic carbocycles. The van der Waals surface area contributed by atoms with E-state index in [1.54, 1.807) is 13.3 Å². The lowest BCUT2D eigenvalue weighted by molar-refractivity contribution is 0.0964. The Morgan fingerprint density at radius 3 is 2.48 bits per heavy atom. The Morgan fingerprint density at radius 2 is 1.80 bits per heavy atom. The number of carbonyl (C=O) groups excluding carboxylic acids is 1. The van der Waals surface area contributed by atoms with Gasteiger partial charge in [0, 0.05) is 11.4 Å². The van der Waals surface area contributed by atoms with Gasteiger partial charge in [0.2, 0.25) is 0 Å². The Morgan fingerprint density at radius 1 is 1.08 bits per heavy atom. The van der Waals surface area contributed by atoms with Gasteiger partial charge in [-0.25, -0.2) is 4.68 Å². The molecule has 0 bridgehead atoms. The number of Topliss-reactive ketones (excluding diaryl/α,β-unsaturated/α-hetero) is 1. The Labute approximate surface area is 151 Å². The summed E-state index contributed by atoms with van der Waals surface area (Å²) in [6, 6.07) is 15.4. The molecule has 0 saturated heterocycles. The number of nitrogens with zero attached hydrogens (tertiary/aromatic N) is 2. The second kappa shape index (κ2) is 6.37. The minimum atomic E-state index is 0.141. The van der Waals surface area contributed by atoms with Gasteiger partial charge in [-0.05, 0) is 54.3 Å². The quantitative estimate of drug-likeness (QED) is 0.699. The lowest BCUT2D eigenvalue weighted by atomic mass is 9.82. The molecule has 1 atom stereocenters. The van der Waals surface area contributed by atoms with E-state index in [-0.39, 0.29) is 11.7 Å². The number of benzene rings is 2. The number of carbonyl (C=O) groups is 1. The van der Waals surface area contributed by atoms with E-state index in [1.807, 2.05) is 53.2 Å². The van der Waals surface area contributed by atoms with E-state index in [1.165, 1.54) is 0 Å². The molecule has 5 heteroatoms. The Bertz CT molecular complexity index is 914. The lowest BCUT2D eigenvalue weighted by Crippen LogP contribution is -2.20. The van der Waals surface area contributed by atoms with E-state index < -0.39 is 0 Å². The summed E-state index contributed by atoms with van der Waals surface area (Å²) in [6.45, 7) is 0. The summed E-state index contributed by atoms with van der Waals surface area (Å²) in [5.41, 5.74) is 3.73. The molecule has 1 heterocycles. The van der Waals surface area contributed by atoms with Gasteiger partial charge in [0.25, 0.3) is 0 Å². The molecule has 126 valence electrons. The van der Waals surface area contributed by atoms with Gasteiger partial charge in [0.15, 0.2) is 5.78 Å². The van der Waals surface area contributed by atoms with Crippen LogP contribution in [0, 0.1) is 0 Å². The highest BCUT2D eigenvalue weighted by Crippen LogP contribution is 2.34. The van der Waals surface area contributed by atoms with Crippen molar-refractivity contribution in [3.05, 3.63) is 76.6 Å². The van der Waals surface area contributed by atoms with Crippen LogP contribution >= 0.6 is 11.6 Å². The molecular weight excluding hydrogens is 336 g/mol. The first-order valence-corrected chi connectivity index (χ1v) is 8.53. The van der Waals surface area contributed by atoms with Gasteiger partial charge in [-0.3, -0.25) is 4.79 Å². The molecular formula is C20H17ClN2O2. The summed E-state index contributed by atoms with van der Waals surface area (Å²) in [5.74, 6) is 1.11. The van der Waals surface area contributed by atoms with Crippen LogP contribution in [-0.2, 0) is 6.42 Å². The second-order valence-corrected chi connectivity index (χ2v) is 6.63. The first-order chi connectivity index (χ1) is 12.2. The number of fused-ring (bicyclic) bond motifs is 1. The summed E-state index contributed by atoms with van der Waals surface area (Å²) >= 11 is 5.97. The number of ketones is 1. The number of rotatable bonds is 3. The number of ether oxygens (including phenoxy) is 1. The summed E-state index contributed by atoms with van der Waals surface area (Å²) < 4.78 is 7.06. The van der Waals surface area contributed by atoms with Crippen molar-refractivity contribution in [1.82, 2.24) is 9.78 Å². The Balaban J connectivity index is 1.70. The smallest absolute Gasteiger partial charge is 0.166 e. The van der Waals surface area contributed by atoms with E-state index >= 15 is 0 Å². The first kappa shape index (κ1) is 15.9. The van der Waals surface area contributed by atoms with Crippen LogP contribution < -0.4 is 4.74 Å². The normalized spacial score (nSPS) is 16.6. The van der Waals surface area contributed by atoms with Gasteiger partial charge >= 0.3 is 0 Å². The second-order valence-electron chi connectivity index (χ2n) is 6.19. The van der Waals surface area contributed by atoms with Crippen molar-refractivity contribution in [3.8, 4) is 11.4 Å². The average Bonchev–Trinajstić information content (AvgIpc) is 3.07. The molecule has 1 aliphatic rings. The SMILES string of the molecule is COc1ccc([C@@H]2CC(=O)c3cnn(-c4ccc(Cl)cc4)c3C2)cc1. The molecule has 0 unspecified atom stereocenters. The van der Waals surface area contributed by atoms with Crippen LogP contribution in [0.15, 0.2) is 54.7 Å². The lowest BCUT2D eigenvalue weighted by Gasteiger charge is -2.23. The number of hydrogen-bond donors (Lipinski definition) is 0. The molecule has 0 fully saturated rings. The van der Waals surface area contributed by atoms with Crippen LogP contribution in [0.25, 0.3) is 5.69 Å². The third kappa shape index (κ3) is 2.94. The highest BCUT2D eigenvalue weighted by Gasteiger charge is 2.30. The molecule has 0 saturated carbocycles. The van der Waals surface area contributed by atoms with Gasteiger partial charge in [0.05, 0.1) is 30.3 Å². The summed E-state index contributed by atoms with van der Waals surface area (Å²) in [4.78, 5) is 12.6. The molecule has 25 heavy (non-hydrogen) atoms. The first-order valence-electron chi connectivity index (χ1n) is 8.15. The minimum Gasteiger partial charge on any atom is -0.497 e. The van der Waals surface area contributed by atoms with Crippen molar-refractivity contribution in [2.75, 3.05) is 7.11 Å². The number of halogens is 1. The molecule has 1 aliphatic carbocycles. The fourth-order valence-corrected chi connectivity index (χ4v) is 3.48. The third-order valence-electron chi connectivity index (χ3n) is 4.70. The Kier molecular flexibility index (Phi) is 4.06. The number of methoxy groups -OCH3 is 1. The predicted molar refractivity (Wildman–Crippen MR) is 97.0 cm³/mol. The molecule has 1 aromatic heterocycles. The molecule has 4 nitrogen and oxygen atoms in total. The number of hydrogen-bond acceptors (Lipinski definition) is 3. The van der Waals surface area contributed by atoms with E-state index in [2.05, 4.69) is 5.10 Å². The highest BCUT2D eigenvalue weighted by atomic mass is 35.5. The van der Waals surface area contributed by atoms with Crippen molar-refractivity contribution < 1.29 is 9.53 Å². The van der Waals surface area contributed by atoms with Crippen LogP contribution in [0.5, 0.6) is 5.75 Å². The summed E-state index contributed by atoms with van der Waals surface area (Å²) in [5, 5.41) is 5.11. The van der Waals surface area contributed by atoms with Crippen LogP contribution in [0.2, 0.25) is 5.02 Å². The minimum absolute atomic E-state index is 0.141. The van der Waals surface area contributed by atoms with Gasteiger partial charge in [-0.2, -0.15) is 5.10 Å². The molecule has 3 aromatic rings. The van der Waals surface area contributed by atoms with Gasteiger partial charge in [0.1, 0.15) is 5.75 Å². The maximum Gasteiger partial charge on any atom is 0.166 e. The topological polar surface area (TPSA) is 44.1 Å². The van der Waals surface area contributed by atoms with Crippen molar-refractivity contribution in [2.45, 2.75) is 18.8 Å².